The van der Waals surface area contributed by atoms with Crippen LogP contribution < -0.4 is 10.6 Å². The van der Waals surface area contributed by atoms with Gasteiger partial charge >= 0.3 is 0 Å². The van der Waals surface area contributed by atoms with Gasteiger partial charge in [0.2, 0.25) is 5.91 Å². The van der Waals surface area contributed by atoms with Gasteiger partial charge in [-0.15, -0.1) is 34.0 Å². The number of hydrogen-bond acceptors (Lipinski definition) is 7. The molecule has 0 unspecified atom stereocenters. The van der Waals surface area contributed by atoms with Gasteiger partial charge in [-0.2, -0.15) is 0 Å². The summed E-state index contributed by atoms with van der Waals surface area (Å²) in [6.07, 6.45) is 4.47. The number of carbonyl (C=O) groups excluding carboxylic acids is 1. The Kier molecular flexibility index (Phi) is 5.21. The maximum Gasteiger partial charge on any atom is 0.232 e. The summed E-state index contributed by atoms with van der Waals surface area (Å²) in [5, 5.41) is 11.9. The Morgan fingerprint density at radius 1 is 1.32 bits per heavy atom. The largest absolute Gasteiger partial charge is 0.317 e. The molecule has 4 rings (SSSR count). The van der Waals surface area contributed by atoms with Crippen LogP contribution in [0, 0.1) is 0 Å². The fourth-order valence-electron chi connectivity index (χ4n) is 2.87. The smallest absolute Gasteiger partial charge is 0.232 e. The van der Waals surface area contributed by atoms with Crippen molar-refractivity contribution in [1.82, 2.24) is 15.3 Å². The van der Waals surface area contributed by atoms with Crippen molar-refractivity contribution in [2.45, 2.75) is 25.2 Å². The molecule has 0 radical (unpaired) electrons. The van der Waals surface area contributed by atoms with Crippen molar-refractivity contribution in [2.75, 3.05) is 18.4 Å². The number of nitrogens with one attached hydrogen (secondary N) is 2. The topological polar surface area (TPSA) is 66.9 Å². The van der Waals surface area contributed by atoms with Gasteiger partial charge in [0.1, 0.15) is 5.01 Å². The molecule has 1 aliphatic rings. The van der Waals surface area contributed by atoms with Gasteiger partial charge in [0.05, 0.1) is 17.0 Å². The number of thiazole rings is 2. The molecule has 130 valence electrons. The van der Waals surface area contributed by atoms with Crippen LogP contribution in [-0.4, -0.2) is 29.0 Å². The fourth-order valence-corrected chi connectivity index (χ4v) is 5.50. The highest BCUT2D eigenvalue weighted by molar-refractivity contribution is 7.20. The molecule has 0 aromatic carbocycles. The molecule has 2 N–H and O–H groups in total. The van der Waals surface area contributed by atoms with E-state index in [0.717, 1.165) is 41.5 Å². The van der Waals surface area contributed by atoms with Gasteiger partial charge in [-0.3, -0.25) is 4.79 Å². The van der Waals surface area contributed by atoms with E-state index in [9.17, 15) is 4.79 Å². The van der Waals surface area contributed by atoms with Crippen molar-refractivity contribution in [3.8, 4) is 9.88 Å². The van der Waals surface area contributed by atoms with Crippen LogP contribution in [-0.2, 0) is 11.2 Å². The van der Waals surface area contributed by atoms with Crippen LogP contribution in [0.1, 0.15) is 29.3 Å². The predicted molar refractivity (Wildman–Crippen MR) is 105 cm³/mol. The monoisotopic (exact) mass is 390 g/mol. The summed E-state index contributed by atoms with van der Waals surface area (Å²) < 4.78 is 0. The maximum absolute atomic E-state index is 12.3. The van der Waals surface area contributed by atoms with E-state index in [1.807, 2.05) is 29.1 Å². The first kappa shape index (κ1) is 16.8. The Morgan fingerprint density at radius 3 is 3.00 bits per heavy atom. The number of thiophene rings is 1. The molecule has 8 heteroatoms. The lowest BCUT2D eigenvalue weighted by atomic mass is 9.97. The minimum Gasteiger partial charge on any atom is -0.317 e. The summed E-state index contributed by atoms with van der Waals surface area (Å²) in [5.41, 5.74) is 0.807. The number of carbonyl (C=O) groups is 1. The molecular weight excluding hydrogens is 372 g/mol. The highest BCUT2D eigenvalue weighted by Gasteiger charge is 2.18. The number of rotatable bonds is 5. The minimum absolute atomic E-state index is 0.0609. The number of aromatic nitrogens is 2. The summed E-state index contributed by atoms with van der Waals surface area (Å²) in [4.78, 5) is 23.6. The van der Waals surface area contributed by atoms with E-state index in [1.54, 1.807) is 34.0 Å². The molecule has 1 aliphatic heterocycles. The molecule has 1 fully saturated rings. The van der Waals surface area contributed by atoms with Crippen molar-refractivity contribution in [1.29, 1.82) is 0 Å². The lowest BCUT2D eigenvalue weighted by Crippen LogP contribution is -2.26. The molecule has 3 aromatic heterocycles. The maximum atomic E-state index is 12.3. The van der Waals surface area contributed by atoms with Gasteiger partial charge in [0.15, 0.2) is 5.13 Å². The molecule has 4 heterocycles. The predicted octanol–water partition coefficient (Wildman–Crippen LogP) is 3.98. The van der Waals surface area contributed by atoms with Gasteiger partial charge < -0.3 is 10.6 Å². The van der Waals surface area contributed by atoms with Crippen molar-refractivity contribution in [3.05, 3.63) is 39.7 Å². The van der Waals surface area contributed by atoms with Gasteiger partial charge in [0, 0.05) is 16.5 Å². The van der Waals surface area contributed by atoms with Gasteiger partial charge in [-0.1, -0.05) is 6.07 Å². The molecule has 0 aliphatic carbocycles. The molecular formula is C17H18N4OS3. The van der Waals surface area contributed by atoms with Crippen LogP contribution in [0.5, 0.6) is 0 Å². The number of nitrogens with zero attached hydrogens (tertiary/aromatic N) is 2. The van der Waals surface area contributed by atoms with Crippen molar-refractivity contribution in [3.63, 3.8) is 0 Å². The molecule has 1 amide bonds. The summed E-state index contributed by atoms with van der Waals surface area (Å²) in [6, 6.07) is 4.06. The summed E-state index contributed by atoms with van der Waals surface area (Å²) >= 11 is 4.84. The SMILES string of the molecule is O=C(Cc1csc(-c2cccs2)n1)Nc1ncc(C2CCNCC2)s1. The van der Waals surface area contributed by atoms with Crippen LogP contribution in [0.25, 0.3) is 9.88 Å². The van der Waals surface area contributed by atoms with Gasteiger partial charge in [-0.05, 0) is 43.3 Å². The molecule has 3 aromatic rings. The average Bonchev–Trinajstić information content (AvgIpc) is 3.37. The minimum atomic E-state index is -0.0609. The standard InChI is InChI=1S/C17H18N4OS3/c22-15(8-12-10-24-16(20-12)13-2-1-7-23-13)21-17-19-9-14(25-17)11-3-5-18-6-4-11/h1-2,7,9-11,18H,3-6,8H2,(H,19,21,22). The zero-order chi connectivity index (χ0) is 17.1. The molecule has 5 nitrogen and oxygen atoms in total. The molecule has 0 spiro atoms. The Bertz CT molecular complexity index is 834. The van der Waals surface area contributed by atoms with E-state index in [0.29, 0.717) is 11.0 Å². The van der Waals surface area contributed by atoms with E-state index in [1.165, 1.54) is 4.88 Å². The van der Waals surface area contributed by atoms with Crippen LogP contribution in [0.2, 0.25) is 0 Å². The second kappa shape index (κ2) is 7.74. The summed E-state index contributed by atoms with van der Waals surface area (Å²) in [5.74, 6) is 0.505. The molecule has 0 saturated carbocycles. The lowest BCUT2D eigenvalue weighted by molar-refractivity contribution is -0.115. The average molecular weight is 391 g/mol. The second-order valence-electron chi connectivity index (χ2n) is 5.94. The van der Waals surface area contributed by atoms with E-state index in [4.69, 9.17) is 0 Å². The van der Waals surface area contributed by atoms with Crippen molar-refractivity contribution >= 4 is 45.0 Å². The third-order valence-corrected chi connectivity index (χ3v) is 7.14. The first-order chi connectivity index (χ1) is 12.3. The lowest BCUT2D eigenvalue weighted by Gasteiger charge is -2.20. The molecule has 25 heavy (non-hydrogen) atoms. The second-order valence-corrected chi connectivity index (χ2v) is 8.81. The zero-order valence-electron chi connectivity index (χ0n) is 13.5. The summed E-state index contributed by atoms with van der Waals surface area (Å²) in [6.45, 7) is 2.11. The number of piperidine rings is 1. The third-order valence-electron chi connectivity index (χ3n) is 4.14. The van der Waals surface area contributed by atoms with Gasteiger partial charge in [-0.25, -0.2) is 9.97 Å². The van der Waals surface area contributed by atoms with E-state index in [-0.39, 0.29) is 12.3 Å². The number of amides is 1. The van der Waals surface area contributed by atoms with E-state index >= 15 is 0 Å². The normalized spacial score (nSPS) is 15.4. The van der Waals surface area contributed by atoms with Gasteiger partial charge in [0.25, 0.3) is 0 Å². The Hall–Kier alpha value is -1.61. The van der Waals surface area contributed by atoms with E-state index < -0.39 is 0 Å². The fraction of sp³-hybridized carbons (Fsp3) is 0.353. The first-order valence-corrected chi connectivity index (χ1v) is 10.8. The van der Waals surface area contributed by atoms with Crippen LogP contribution in [0.3, 0.4) is 0 Å². The Balaban J connectivity index is 1.35. The molecule has 0 atom stereocenters. The van der Waals surface area contributed by atoms with Crippen LogP contribution >= 0.6 is 34.0 Å². The highest BCUT2D eigenvalue weighted by atomic mass is 32.1. The van der Waals surface area contributed by atoms with Crippen LogP contribution in [0.4, 0.5) is 5.13 Å². The molecule has 0 bridgehead atoms. The van der Waals surface area contributed by atoms with E-state index in [2.05, 4.69) is 20.6 Å². The van der Waals surface area contributed by atoms with Crippen molar-refractivity contribution in [2.24, 2.45) is 0 Å². The first-order valence-electron chi connectivity index (χ1n) is 8.22. The van der Waals surface area contributed by atoms with Crippen LogP contribution in [0.15, 0.2) is 29.1 Å². The third kappa shape index (κ3) is 4.14. The summed E-state index contributed by atoms with van der Waals surface area (Å²) in [7, 11) is 0. The molecule has 1 saturated heterocycles. The number of anilines is 1. The number of hydrogen-bond donors (Lipinski definition) is 2. The van der Waals surface area contributed by atoms with Crippen molar-refractivity contribution < 1.29 is 4.79 Å². The Morgan fingerprint density at radius 2 is 2.20 bits per heavy atom. The quantitative estimate of drug-likeness (QED) is 0.692. The highest BCUT2D eigenvalue weighted by Crippen LogP contribution is 2.32. The zero-order valence-corrected chi connectivity index (χ0v) is 16.0. The Labute approximate surface area is 158 Å².